The number of carbonyl (C=O) groups is 1. The number of methoxy groups -OCH3 is 2. The van der Waals surface area contributed by atoms with Crippen molar-refractivity contribution >= 4 is 16.3 Å². The number of benzene rings is 2. The zero-order chi connectivity index (χ0) is 27.3. The van der Waals surface area contributed by atoms with E-state index in [-0.39, 0.29) is 17.8 Å². The smallest absolute Gasteiger partial charge is 0.382 e. The van der Waals surface area contributed by atoms with Gasteiger partial charge in [0.25, 0.3) is 0 Å². The van der Waals surface area contributed by atoms with Crippen molar-refractivity contribution in [1.82, 2.24) is 24.1 Å². The summed E-state index contributed by atoms with van der Waals surface area (Å²) in [4.78, 5) is 21.7. The number of carbonyl (C=O) groups excluding carboxylic acids is 1. The Hall–Kier alpha value is -3.61. The van der Waals surface area contributed by atoms with Crippen LogP contribution < -0.4 is 18.4 Å². The van der Waals surface area contributed by atoms with Gasteiger partial charge in [-0.25, -0.2) is 9.78 Å². The highest BCUT2D eigenvalue weighted by molar-refractivity contribution is 7.85. The number of rotatable bonds is 9. The summed E-state index contributed by atoms with van der Waals surface area (Å²) in [6, 6.07) is 12.3. The zero-order valence-corrected chi connectivity index (χ0v) is 22.8. The highest BCUT2D eigenvalue weighted by Gasteiger charge is 2.26. The quantitative estimate of drug-likeness (QED) is 0.438. The van der Waals surface area contributed by atoms with Crippen LogP contribution in [0.25, 0.3) is 11.3 Å². The Morgan fingerprint density at radius 2 is 1.68 bits per heavy atom. The summed E-state index contributed by atoms with van der Waals surface area (Å²) < 4.78 is 42.3. The molecule has 3 aromatic rings. The number of piperidine rings is 1. The van der Waals surface area contributed by atoms with Gasteiger partial charge in [-0.3, -0.25) is 9.47 Å². The van der Waals surface area contributed by atoms with E-state index in [1.54, 1.807) is 37.4 Å². The number of aromatic nitrogens is 2. The Bertz CT molecular complexity index is 1330. The molecule has 0 saturated carbocycles. The fourth-order valence-electron chi connectivity index (χ4n) is 4.45. The van der Waals surface area contributed by atoms with Crippen molar-refractivity contribution < 1.29 is 26.9 Å². The number of ether oxygens (including phenoxy) is 2. The SMILES string of the molecule is CNS(=O)(=O)Oc1ccc(-c2cn(C(=O)N(C)C3CCN(Cc4cc(OC)cc(OC)c4)CC3)cn2)cc1. The average molecular weight is 544 g/mol. The van der Waals surface area contributed by atoms with E-state index in [2.05, 4.69) is 14.6 Å². The Morgan fingerprint density at radius 3 is 2.26 bits per heavy atom. The van der Waals surface area contributed by atoms with Gasteiger partial charge in [0, 0.05) is 57.6 Å². The van der Waals surface area contributed by atoms with E-state index in [1.165, 1.54) is 30.1 Å². The number of amides is 1. The van der Waals surface area contributed by atoms with Gasteiger partial charge in [0.2, 0.25) is 0 Å². The van der Waals surface area contributed by atoms with Crippen LogP contribution in [0.1, 0.15) is 18.4 Å². The van der Waals surface area contributed by atoms with Crippen LogP contribution in [0.15, 0.2) is 55.0 Å². The molecule has 1 N–H and O–H groups in total. The monoisotopic (exact) mass is 543 g/mol. The Morgan fingerprint density at radius 1 is 1.05 bits per heavy atom. The van der Waals surface area contributed by atoms with Crippen LogP contribution in [0, 0.1) is 0 Å². The van der Waals surface area contributed by atoms with Crippen LogP contribution in [0.2, 0.25) is 0 Å². The molecule has 38 heavy (non-hydrogen) atoms. The molecule has 1 saturated heterocycles. The van der Waals surface area contributed by atoms with Crippen molar-refractivity contribution in [3.8, 4) is 28.5 Å². The summed E-state index contributed by atoms with van der Waals surface area (Å²) in [5, 5.41) is 0. The maximum atomic E-state index is 13.2. The van der Waals surface area contributed by atoms with Gasteiger partial charge in [-0.1, -0.05) is 0 Å². The van der Waals surface area contributed by atoms with Crippen molar-refractivity contribution in [2.24, 2.45) is 0 Å². The van der Waals surface area contributed by atoms with Crippen molar-refractivity contribution in [3.63, 3.8) is 0 Å². The lowest BCUT2D eigenvalue weighted by molar-refractivity contribution is 0.131. The molecule has 1 aromatic heterocycles. The molecule has 12 heteroatoms. The molecule has 11 nitrogen and oxygen atoms in total. The number of nitrogens with one attached hydrogen (secondary N) is 1. The third-order valence-corrected chi connectivity index (χ3v) is 7.55. The van der Waals surface area contributed by atoms with E-state index in [4.69, 9.17) is 13.7 Å². The van der Waals surface area contributed by atoms with E-state index in [9.17, 15) is 13.2 Å². The maximum Gasteiger partial charge on any atom is 0.382 e. The second-order valence-electron chi connectivity index (χ2n) is 9.05. The molecular weight excluding hydrogens is 510 g/mol. The first-order chi connectivity index (χ1) is 18.2. The standard InChI is InChI=1S/C26H33N5O6S/c1-27-38(33,34)37-22-7-5-20(6-8-22)25-17-31(18-28-25)26(32)29(2)21-9-11-30(12-10-21)16-19-13-23(35-3)15-24(14-19)36-4/h5-8,13-15,17-18,21,27H,9-12,16H2,1-4H3. The second-order valence-corrected chi connectivity index (χ2v) is 10.5. The second kappa shape index (κ2) is 11.8. The van der Waals surface area contributed by atoms with E-state index in [0.29, 0.717) is 5.69 Å². The molecule has 2 aromatic carbocycles. The van der Waals surface area contributed by atoms with E-state index < -0.39 is 10.3 Å². The van der Waals surface area contributed by atoms with E-state index in [0.717, 1.165) is 55.1 Å². The minimum absolute atomic E-state index is 0.120. The first-order valence-electron chi connectivity index (χ1n) is 12.2. The molecule has 1 fully saturated rings. The first kappa shape index (κ1) is 27.4. The lowest BCUT2D eigenvalue weighted by atomic mass is 10.0. The molecule has 0 aliphatic carbocycles. The number of imidazole rings is 1. The number of hydrogen-bond acceptors (Lipinski definition) is 8. The minimum Gasteiger partial charge on any atom is -0.497 e. The zero-order valence-electron chi connectivity index (χ0n) is 22.0. The Kier molecular flexibility index (Phi) is 8.55. The molecule has 0 unspecified atom stereocenters. The number of nitrogens with zero attached hydrogens (tertiary/aromatic N) is 4. The predicted molar refractivity (Wildman–Crippen MR) is 143 cm³/mol. The van der Waals surface area contributed by atoms with Crippen LogP contribution in [-0.2, 0) is 16.8 Å². The summed E-state index contributed by atoms with van der Waals surface area (Å²) in [5.41, 5.74) is 2.45. The van der Waals surface area contributed by atoms with Gasteiger partial charge in [-0.05, 0) is 54.8 Å². The van der Waals surface area contributed by atoms with Gasteiger partial charge in [-0.15, -0.1) is 0 Å². The average Bonchev–Trinajstić information content (AvgIpc) is 3.43. The van der Waals surface area contributed by atoms with Crippen molar-refractivity contribution in [2.75, 3.05) is 41.4 Å². The molecule has 0 spiro atoms. The largest absolute Gasteiger partial charge is 0.497 e. The lowest BCUT2D eigenvalue weighted by Crippen LogP contribution is -2.46. The van der Waals surface area contributed by atoms with Crippen LogP contribution in [0.5, 0.6) is 17.2 Å². The van der Waals surface area contributed by atoms with Crippen LogP contribution in [0.3, 0.4) is 0 Å². The van der Waals surface area contributed by atoms with Crippen molar-refractivity contribution in [1.29, 1.82) is 0 Å². The summed E-state index contributed by atoms with van der Waals surface area (Å²) in [6.07, 6.45) is 4.89. The third-order valence-electron chi connectivity index (χ3n) is 6.63. The molecule has 0 bridgehead atoms. The molecule has 4 rings (SSSR count). The summed E-state index contributed by atoms with van der Waals surface area (Å²) in [7, 11) is 2.55. The number of hydrogen-bond donors (Lipinski definition) is 1. The van der Waals surface area contributed by atoms with Gasteiger partial charge in [0.15, 0.2) is 0 Å². The first-order valence-corrected chi connectivity index (χ1v) is 13.6. The Labute approximate surface area is 223 Å². The van der Waals surface area contributed by atoms with E-state index in [1.807, 2.05) is 25.2 Å². The minimum atomic E-state index is -3.84. The van der Waals surface area contributed by atoms with Gasteiger partial charge in [-0.2, -0.15) is 13.1 Å². The van der Waals surface area contributed by atoms with Gasteiger partial charge in [0.1, 0.15) is 23.6 Å². The lowest BCUT2D eigenvalue weighted by Gasteiger charge is -2.36. The van der Waals surface area contributed by atoms with E-state index >= 15 is 0 Å². The molecule has 1 amide bonds. The Balaban J connectivity index is 1.33. The highest BCUT2D eigenvalue weighted by Crippen LogP contribution is 2.26. The molecule has 2 heterocycles. The fraction of sp³-hybridized carbons (Fsp3) is 0.385. The van der Waals surface area contributed by atoms with Crippen molar-refractivity contribution in [3.05, 3.63) is 60.6 Å². The summed E-state index contributed by atoms with van der Waals surface area (Å²) >= 11 is 0. The van der Waals surface area contributed by atoms with Crippen LogP contribution in [0.4, 0.5) is 4.79 Å². The topological polar surface area (TPSA) is 115 Å². The summed E-state index contributed by atoms with van der Waals surface area (Å²) in [5.74, 6) is 1.71. The molecule has 0 atom stereocenters. The number of likely N-dealkylation sites (tertiary alicyclic amines) is 1. The van der Waals surface area contributed by atoms with Gasteiger partial charge >= 0.3 is 16.3 Å². The van der Waals surface area contributed by atoms with Crippen LogP contribution in [-0.4, -0.2) is 81.2 Å². The third kappa shape index (κ3) is 6.63. The molecule has 1 aliphatic heterocycles. The van der Waals surface area contributed by atoms with Gasteiger partial charge < -0.3 is 18.6 Å². The van der Waals surface area contributed by atoms with Crippen LogP contribution >= 0.6 is 0 Å². The van der Waals surface area contributed by atoms with Gasteiger partial charge in [0.05, 0.1) is 19.9 Å². The highest BCUT2D eigenvalue weighted by atomic mass is 32.2. The molecular formula is C26H33N5O6S. The summed E-state index contributed by atoms with van der Waals surface area (Å²) in [6.45, 7) is 2.52. The molecule has 0 radical (unpaired) electrons. The van der Waals surface area contributed by atoms with Crippen molar-refractivity contribution in [2.45, 2.75) is 25.4 Å². The molecule has 204 valence electrons. The predicted octanol–water partition coefficient (Wildman–Crippen LogP) is 2.97. The maximum absolute atomic E-state index is 13.2. The normalized spacial score (nSPS) is 14.7. The fourth-order valence-corrected chi connectivity index (χ4v) is 4.89. The molecule has 1 aliphatic rings.